The predicted octanol–water partition coefficient (Wildman–Crippen LogP) is 5.93. The van der Waals surface area contributed by atoms with Crippen LogP contribution in [0.1, 0.15) is 45.1 Å². The van der Waals surface area contributed by atoms with Crippen LogP contribution in [0.15, 0.2) is 79.4 Å². The first-order valence-electron chi connectivity index (χ1n) is 8.95. The van der Waals surface area contributed by atoms with E-state index in [2.05, 4.69) is 18.7 Å². The summed E-state index contributed by atoms with van der Waals surface area (Å²) >= 11 is 0. The molecular formula is C25H20O2. The number of fused-ring (bicyclic) bond motifs is 2. The molecule has 2 heteroatoms. The first kappa shape index (κ1) is 17.0. The van der Waals surface area contributed by atoms with Crippen molar-refractivity contribution in [1.82, 2.24) is 0 Å². The van der Waals surface area contributed by atoms with E-state index >= 15 is 0 Å². The molecule has 3 aromatic carbocycles. The molecule has 0 bridgehead atoms. The van der Waals surface area contributed by atoms with Gasteiger partial charge >= 0.3 is 5.97 Å². The van der Waals surface area contributed by atoms with E-state index in [-0.39, 0.29) is 5.97 Å². The molecule has 4 rings (SSSR count). The van der Waals surface area contributed by atoms with E-state index in [0.29, 0.717) is 5.56 Å². The maximum absolute atomic E-state index is 13.0. The fraction of sp³-hybridized carbons (Fsp3) is 0.0800. The molecule has 0 saturated heterocycles. The molecule has 2 nitrogen and oxygen atoms in total. The molecule has 27 heavy (non-hydrogen) atoms. The second-order valence-electron chi connectivity index (χ2n) is 6.76. The molecule has 0 fully saturated rings. The molecule has 0 unspecified atom stereocenters. The second kappa shape index (κ2) is 6.73. The van der Waals surface area contributed by atoms with Gasteiger partial charge in [-0.1, -0.05) is 85.5 Å². The van der Waals surface area contributed by atoms with Crippen molar-refractivity contribution in [2.45, 2.75) is 12.5 Å². The fourth-order valence-corrected chi connectivity index (χ4v) is 3.59. The van der Waals surface area contributed by atoms with Gasteiger partial charge < -0.3 is 4.74 Å². The summed E-state index contributed by atoms with van der Waals surface area (Å²) in [7, 11) is 0. The van der Waals surface area contributed by atoms with E-state index in [1.807, 2.05) is 67.6 Å². The topological polar surface area (TPSA) is 26.3 Å². The van der Waals surface area contributed by atoms with Crippen molar-refractivity contribution in [1.29, 1.82) is 0 Å². The third-order valence-corrected chi connectivity index (χ3v) is 5.07. The number of carbonyl (C=O) groups is 1. The number of carbonyl (C=O) groups excluding carboxylic acids is 1. The molecule has 0 spiro atoms. The zero-order valence-electron chi connectivity index (χ0n) is 15.2. The van der Waals surface area contributed by atoms with Crippen LogP contribution in [0.2, 0.25) is 0 Å². The second-order valence-corrected chi connectivity index (χ2v) is 6.76. The molecule has 0 aromatic heterocycles. The summed E-state index contributed by atoms with van der Waals surface area (Å²) in [6, 6.07) is 23.4. The number of hydrogen-bond donors (Lipinski definition) is 0. The Morgan fingerprint density at radius 1 is 0.852 bits per heavy atom. The van der Waals surface area contributed by atoms with Crippen molar-refractivity contribution in [2.75, 3.05) is 0 Å². The van der Waals surface area contributed by atoms with Gasteiger partial charge in [-0.15, -0.1) is 0 Å². The van der Waals surface area contributed by atoms with Gasteiger partial charge in [0.1, 0.15) is 0 Å². The summed E-state index contributed by atoms with van der Waals surface area (Å²) < 4.78 is 6.17. The summed E-state index contributed by atoms with van der Waals surface area (Å²) in [6.07, 6.45) is 5.90. The van der Waals surface area contributed by atoms with Crippen molar-refractivity contribution in [3.05, 3.63) is 113 Å². The van der Waals surface area contributed by atoms with Gasteiger partial charge in [-0.25, -0.2) is 4.79 Å². The van der Waals surface area contributed by atoms with Gasteiger partial charge in [-0.05, 0) is 35.7 Å². The molecule has 0 radical (unpaired) electrons. The zero-order valence-corrected chi connectivity index (χ0v) is 15.2. The molecule has 0 N–H and O–H groups in total. The van der Waals surface area contributed by atoms with Crippen molar-refractivity contribution in [3.8, 4) is 0 Å². The predicted molar refractivity (Wildman–Crippen MR) is 110 cm³/mol. The average molecular weight is 352 g/mol. The molecule has 0 heterocycles. The molecule has 1 aliphatic carbocycles. The minimum Gasteiger partial charge on any atom is -0.446 e. The largest absolute Gasteiger partial charge is 0.446 e. The average Bonchev–Trinajstić information content (AvgIpc) is 2.84. The molecule has 132 valence electrons. The van der Waals surface area contributed by atoms with Gasteiger partial charge in [-0.2, -0.15) is 0 Å². The van der Waals surface area contributed by atoms with Crippen molar-refractivity contribution in [3.63, 3.8) is 0 Å². The van der Waals surface area contributed by atoms with Crippen molar-refractivity contribution >= 4 is 24.2 Å². The molecule has 0 atom stereocenters. The molecular weight excluding hydrogens is 332 g/mol. The van der Waals surface area contributed by atoms with Crippen LogP contribution < -0.4 is 0 Å². The number of rotatable bonds is 3. The Morgan fingerprint density at radius 3 is 1.89 bits per heavy atom. The van der Waals surface area contributed by atoms with Crippen LogP contribution in [-0.4, -0.2) is 5.97 Å². The quantitative estimate of drug-likeness (QED) is 0.546. The standard InChI is InChI=1S/C25H20O2/c1-3-18-12-14-21(15-13-18)24(26)27-25(2)22-10-6-4-8-19(22)16-17-20-9-5-7-11-23(20)25/h3-17H,1H2,2H3. The highest BCUT2D eigenvalue weighted by atomic mass is 16.6. The van der Waals surface area contributed by atoms with Crippen LogP contribution in [0.4, 0.5) is 0 Å². The summed E-state index contributed by atoms with van der Waals surface area (Å²) in [5.41, 5.74) is 4.65. The Kier molecular flexibility index (Phi) is 4.25. The normalized spacial score (nSPS) is 13.8. The van der Waals surface area contributed by atoms with Crippen LogP contribution >= 0.6 is 0 Å². The lowest BCUT2D eigenvalue weighted by Gasteiger charge is -2.32. The highest BCUT2D eigenvalue weighted by Gasteiger charge is 2.37. The Morgan fingerprint density at radius 2 is 1.37 bits per heavy atom. The molecule has 0 saturated carbocycles. The van der Waals surface area contributed by atoms with E-state index in [1.165, 1.54) is 0 Å². The van der Waals surface area contributed by atoms with Gasteiger partial charge in [0, 0.05) is 11.1 Å². The van der Waals surface area contributed by atoms with E-state index in [4.69, 9.17) is 4.74 Å². The minimum absolute atomic E-state index is 0.348. The first-order chi connectivity index (χ1) is 13.1. The van der Waals surface area contributed by atoms with Crippen molar-refractivity contribution < 1.29 is 9.53 Å². The lowest BCUT2D eigenvalue weighted by molar-refractivity contribution is 0.00611. The number of hydrogen-bond acceptors (Lipinski definition) is 2. The number of ether oxygens (including phenoxy) is 1. The van der Waals surface area contributed by atoms with Gasteiger partial charge in [0.15, 0.2) is 5.60 Å². The van der Waals surface area contributed by atoms with E-state index in [0.717, 1.165) is 27.8 Å². The van der Waals surface area contributed by atoms with E-state index < -0.39 is 5.60 Å². The molecule has 3 aromatic rings. The first-order valence-corrected chi connectivity index (χ1v) is 8.95. The van der Waals surface area contributed by atoms with Crippen LogP contribution in [0.3, 0.4) is 0 Å². The van der Waals surface area contributed by atoms with Gasteiger partial charge in [-0.3, -0.25) is 0 Å². The van der Waals surface area contributed by atoms with E-state index in [9.17, 15) is 4.79 Å². The molecule has 1 aliphatic rings. The highest BCUT2D eigenvalue weighted by Crippen LogP contribution is 2.41. The molecule has 0 amide bonds. The van der Waals surface area contributed by atoms with Crippen LogP contribution in [-0.2, 0) is 10.3 Å². The Labute approximate surface area is 159 Å². The Hall–Kier alpha value is -3.39. The fourth-order valence-electron chi connectivity index (χ4n) is 3.59. The smallest absolute Gasteiger partial charge is 0.339 e. The maximum atomic E-state index is 13.0. The summed E-state index contributed by atoms with van der Waals surface area (Å²) in [5, 5.41) is 0. The number of esters is 1. The number of benzene rings is 3. The van der Waals surface area contributed by atoms with Crippen LogP contribution in [0.25, 0.3) is 18.2 Å². The lowest BCUT2D eigenvalue weighted by Crippen LogP contribution is -2.31. The summed E-state index contributed by atoms with van der Waals surface area (Å²) in [5.74, 6) is -0.348. The van der Waals surface area contributed by atoms with Gasteiger partial charge in [0.2, 0.25) is 0 Å². The van der Waals surface area contributed by atoms with E-state index in [1.54, 1.807) is 18.2 Å². The van der Waals surface area contributed by atoms with Crippen molar-refractivity contribution in [2.24, 2.45) is 0 Å². The monoisotopic (exact) mass is 352 g/mol. The van der Waals surface area contributed by atoms with Gasteiger partial charge in [0.25, 0.3) is 0 Å². The third kappa shape index (κ3) is 3.00. The summed E-state index contributed by atoms with van der Waals surface area (Å²) in [4.78, 5) is 13.0. The third-order valence-electron chi connectivity index (χ3n) is 5.07. The Balaban J connectivity index is 1.81. The van der Waals surface area contributed by atoms with Crippen LogP contribution in [0, 0.1) is 0 Å². The Bertz CT molecular complexity index is 992. The minimum atomic E-state index is -0.884. The molecule has 0 aliphatic heterocycles. The SMILES string of the molecule is C=Cc1ccc(C(=O)OC2(C)c3ccccc3C=Cc3ccccc32)cc1. The summed E-state index contributed by atoms with van der Waals surface area (Å²) in [6.45, 7) is 5.71. The highest BCUT2D eigenvalue weighted by molar-refractivity contribution is 5.90. The maximum Gasteiger partial charge on any atom is 0.339 e. The van der Waals surface area contributed by atoms with Crippen LogP contribution in [0.5, 0.6) is 0 Å². The van der Waals surface area contributed by atoms with Gasteiger partial charge in [0.05, 0.1) is 5.56 Å². The lowest BCUT2D eigenvalue weighted by atomic mass is 9.84. The zero-order chi connectivity index (χ0) is 18.9.